The second-order valence-corrected chi connectivity index (χ2v) is 8.79. The molecule has 0 aromatic heterocycles. The van der Waals surface area contributed by atoms with E-state index in [-0.39, 0.29) is 12.1 Å². The number of anilines is 1. The van der Waals surface area contributed by atoms with Crippen LogP contribution in [0.25, 0.3) is 0 Å². The van der Waals surface area contributed by atoms with E-state index in [1.54, 1.807) is 41.2 Å². The van der Waals surface area contributed by atoms with Crippen molar-refractivity contribution >= 4 is 23.4 Å². The molecule has 8 nitrogen and oxygen atoms in total. The van der Waals surface area contributed by atoms with E-state index >= 15 is 0 Å². The third kappa shape index (κ3) is 6.69. The zero-order chi connectivity index (χ0) is 23.6. The monoisotopic (exact) mass is 459 g/mol. The minimum Gasteiger partial charge on any atom is -0.497 e. The summed E-state index contributed by atoms with van der Waals surface area (Å²) in [7, 11) is 1.57. The number of benzene rings is 1. The fraction of sp³-hybridized carbons (Fsp3) is 0.640. The molecule has 2 fully saturated rings. The highest BCUT2D eigenvalue weighted by molar-refractivity contribution is 6.42. The van der Waals surface area contributed by atoms with Gasteiger partial charge in [0.2, 0.25) is 5.78 Å². The molecule has 1 aromatic carbocycles. The molecule has 3 rings (SSSR count). The highest BCUT2D eigenvalue weighted by Gasteiger charge is 2.40. The number of nitrogens with zero attached hydrogens (tertiary/aromatic N) is 2. The van der Waals surface area contributed by atoms with Gasteiger partial charge in [-0.15, -0.1) is 0 Å². The summed E-state index contributed by atoms with van der Waals surface area (Å²) in [4.78, 5) is 43.6. The molecule has 1 heterocycles. The molecule has 1 aromatic rings. The van der Waals surface area contributed by atoms with E-state index < -0.39 is 17.7 Å². The minimum absolute atomic E-state index is 0.0197. The summed E-state index contributed by atoms with van der Waals surface area (Å²) in [5.74, 6) is -0.567. The van der Waals surface area contributed by atoms with Gasteiger partial charge >= 0.3 is 6.03 Å². The molecule has 1 saturated heterocycles. The van der Waals surface area contributed by atoms with E-state index in [2.05, 4.69) is 5.32 Å². The van der Waals surface area contributed by atoms with E-state index in [9.17, 15) is 14.4 Å². The summed E-state index contributed by atoms with van der Waals surface area (Å²) >= 11 is 0. The Bertz CT molecular complexity index is 786. The molecule has 33 heavy (non-hydrogen) atoms. The first-order valence-corrected chi connectivity index (χ1v) is 12.2. The lowest BCUT2D eigenvalue weighted by Crippen LogP contribution is -2.59. The first-order valence-electron chi connectivity index (χ1n) is 12.2. The number of unbranched alkanes of at least 4 members (excludes halogenated alkanes) is 1. The van der Waals surface area contributed by atoms with E-state index in [0.717, 1.165) is 44.9 Å². The molecule has 0 bridgehead atoms. The number of rotatable bonds is 9. The van der Waals surface area contributed by atoms with E-state index in [0.29, 0.717) is 44.2 Å². The van der Waals surface area contributed by atoms with E-state index in [1.165, 1.54) is 0 Å². The maximum absolute atomic E-state index is 13.7. The van der Waals surface area contributed by atoms with Crippen molar-refractivity contribution in [3.05, 3.63) is 24.3 Å². The number of ether oxygens (including phenoxy) is 2. The Morgan fingerprint density at radius 1 is 1.12 bits per heavy atom. The molecule has 1 saturated carbocycles. The van der Waals surface area contributed by atoms with Gasteiger partial charge in [0.1, 0.15) is 11.8 Å². The number of morpholine rings is 1. The van der Waals surface area contributed by atoms with Gasteiger partial charge in [-0.2, -0.15) is 0 Å². The van der Waals surface area contributed by atoms with Crippen LogP contribution in [0.5, 0.6) is 5.75 Å². The van der Waals surface area contributed by atoms with Crippen LogP contribution in [0, 0.1) is 0 Å². The summed E-state index contributed by atoms with van der Waals surface area (Å²) in [6.07, 6.45) is 7.08. The fourth-order valence-electron chi connectivity index (χ4n) is 4.63. The molecule has 2 aliphatic rings. The van der Waals surface area contributed by atoms with Crippen LogP contribution >= 0.6 is 0 Å². The number of amides is 3. The Labute approximate surface area is 196 Å². The first-order chi connectivity index (χ1) is 16.0. The van der Waals surface area contributed by atoms with Gasteiger partial charge in [0.15, 0.2) is 0 Å². The van der Waals surface area contributed by atoms with Crippen LogP contribution in [0.15, 0.2) is 24.3 Å². The van der Waals surface area contributed by atoms with Gasteiger partial charge in [-0.25, -0.2) is 4.79 Å². The zero-order valence-corrected chi connectivity index (χ0v) is 19.9. The number of hydrogen-bond acceptors (Lipinski definition) is 5. The highest BCUT2D eigenvalue weighted by Crippen LogP contribution is 2.28. The molecule has 8 heteroatoms. The Kier molecular flexibility index (Phi) is 9.54. The Hall–Kier alpha value is -2.61. The van der Waals surface area contributed by atoms with Crippen molar-refractivity contribution in [2.45, 2.75) is 70.4 Å². The van der Waals surface area contributed by atoms with Gasteiger partial charge in [-0.1, -0.05) is 39.0 Å². The molecule has 182 valence electrons. The SMILES string of the molecule is CCCC[C@@H](C(=O)C(=O)Nc1ccc(OC)cc1)N(C(=O)N1CCOCC1)C1CCCCC1. The number of methoxy groups -OCH3 is 1. The lowest BCUT2D eigenvalue weighted by molar-refractivity contribution is -0.138. The summed E-state index contributed by atoms with van der Waals surface area (Å²) in [6, 6.07) is 5.92. The second-order valence-electron chi connectivity index (χ2n) is 8.79. The van der Waals surface area contributed by atoms with Gasteiger partial charge in [0.05, 0.1) is 20.3 Å². The third-order valence-electron chi connectivity index (χ3n) is 6.51. The molecule has 1 aliphatic heterocycles. The molecule has 1 N–H and O–H groups in total. The zero-order valence-electron chi connectivity index (χ0n) is 19.9. The second kappa shape index (κ2) is 12.6. The van der Waals surface area contributed by atoms with Crippen LogP contribution in [0.4, 0.5) is 10.5 Å². The van der Waals surface area contributed by atoms with Crippen molar-refractivity contribution in [2.75, 3.05) is 38.7 Å². The Morgan fingerprint density at radius 3 is 2.39 bits per heavy atom. The van der Waals surface area contributed by atoms with Crippen LogP contribution in [0.2, 0.25) is 0 Å². The van der Waals surface area contributed by atoms with Crippen molar-refractivity contribution in [1.82, 2.24) is 9.80 Å². The van der Waals surface area contributed by atoms with Gasteiger partial charge in [-0.05, 0) is 43.5 Å². The molecule has 0 spiro atoms. The minimum atomic E-state index is -0.762. The normalized spacial score (nSPS) is 17.8. The predicted octanol–water partition coefficient (Wildman–Crippen LogP) is 3.85. The Morgan fingerprint density at radius 2 is 1.79 bits per heavy atom. The smallest absolute Gasteiger partial charge is 0.321 e. The molecule has 3 amide bonds. The quantitative estimate of drug-likeness (QED) is 0.567. The number of urea groups is 1. The van der Waals surface area contributed by atoms with Crippen LogP contribution in [0.1, 0.15) is 58.3 Å². The summed E-state index contributed by atoms with van der Waals surface area (Å²) < 4.78 is 10.6. The van der Waals surface area contributed by atoms with Crippen molar-refractivity contribution in [3.8, 4) is 5.75 Å². The molecule has 1 aliphatic carbocycles. The van der Waals surface area contributed by atoms with Crippen molar-refractivity contribution in [2.24, 2.45) is 0 Å². The average Bonchev–Trinajstić information content (AvgIpc) is 2.87. The standard InChI is InChI=1S/C25H37N3O5/c1-3-4-10-22(23(29)24(30)26-19-11-13-21(32-2)14-12-19)28(20-8-6-5-7-9-20)25(31)27-15-17-33-18-16-27/h11-14,20,22H,3-10,15-18H2,1-2H3,(H,26,30)/t22-/m0/s1. The molecular weight excluding hydrogens is 422 g/mol. The third-order valence-corrected chi connectivity index (χ3v) is 6.51. The lowest BCUT2D eigenvalue weighted by Gasteiger charge is -2.42. The van der Waals surface area contributed by atoms with Crippen LogP contribution in [-0.4, -0.2) is 73.0 Å². The summed E-state index contributed by atoms with van der Waals surface area (Å²) in [5, 5.41) is 2.71. The van der Waals surface area contributed by atoms with Crippen molar-refractivity contribution < 1.29 is 23.9 Å². The largest absolute Gasteiger partial charge is 0.497 e. The number of hydrogen-bond donors (Lipinski definition) is 1. The van der Waals surface area contributed by atoms with Gasteiger partial charge in [-0.3, -0.25) is 9.59 Å². The number of carbonyl (C=O) groups is 3. The van der Waals surface area contributed by atoms with Gasteiger partial charge in [0, 0.05) is 24.8 Å². The van der Waals surface area contributed by atoms with Gasteiger partial charge < -0.3 is 24.6 Å². The maximum Gasteiger partial charge on any atom is 0.321 e. The molecule has 0 radical (unpaired) electrons. The maximum atomic E-state index is 13.7. The average molecular weight is 460 g/mol. The first kappa shape index (κ1) is 25.0. The Balaban J connectivity index is 1.82. The topological polar surface area (TPSA) is 88.2 Å². The van der Waals surface area contributed by atoms with Crippen LogP contribution in [0.3, 0.4) is 0 Å². The molecular formula is C25H37N3O5. The number of Topliss-reactive ketones (excluding diaryl/α,β-unsaturated/α-hetero) is 1. The number of carbonyl (C=O) groups excluding carboxylic acids is 3. The predicted molar refractivity (Wildman–Crippen MR) is 126 cm³/mol. The van der Waals surface area contributed by atoms with Crippen molar-refractivity contribution in [1.29, 1.82) is 0 Å². The van der Waals surface area contributed by atoms with Crippen LogP contribution < -0.4 is 10.1 Å². The van der Waals surface area contributed by atoms with E-state index in [4.69, 9.17) is 9.47 Å². The summed E-state index contributed by atoms with van der Waals surface area (Å²) in [6.45, 7) is 4.06. The van der Waals surface area contributed by atoms with Gasteiger partial charge in [0.25, 0.3) is 5.91 Å². The summed E-state index contributed by atoms with van der Waals surface area (Å²) in [5.41, 5.74) is 0.520. The van der Waals surface area contributed by atoms with Crippen LogP contribution in [-0.2, 0) is 14.3 Å². The number of nitrogens with one attached hydrogen (secondary N) is 1. The number of ketones is 1. The highest BCUT2D eigenvalue weighted by atomic mass is 16.5. The van der Waals surface area contributed by atoms with Crippen molar-refractivity contribution in [3.63, 3.8) is 0 Å². The fourth-order valence-corrected chi connectivity index (χ4v) is 4.63. The molecule has 0 unspecified atom stereocenters. The lowest BCUT2D eigenvalue weighted by atomic mass is 9.91. The van der Waals surface area contributed by atoms with E-state index in [1.807, 2.05) is 6.92 Å². The molecule has 1 atom stereocenters.